The Morgan fingerprint density at radius 1 is 1.47 bits per heavy atom. The molecule has 0 radical (unpaired) electrons. The van der Waals surface area contributed by atoms with Gasteiger partial charge in [-0.1, -0.05) is 0 Å². The van der Waals surface area contributed by atoms with Crippen molar-refractivity contribution in [1.82, 2.24) is 0 Å². The number of nitrogens with one attached hydrogen (secondary N) is 1. The van der Waals surface area contributed by atoms with Crippen molar-refractivity contribution in [3.05, 3.63) is 34.1 Å². The van der Waals surface area contributed by atoms with Crippen LogP contribution in [0.5, 0.6) is 0 Å². The van der Waals surface area contributed by atoms with Gasteiger partial charge in [0.2, 0.25) is 0 Å². The molecule has 0 atom stereocenters. The van der Waals surface area contributed by atoms with Crippen LogP contribution in [0.1, 0.15) is 0 Å². The molecule has 0 unspecified atom stereocenters. The Kier molecular flexibility index (Phi) is 3.89. The Bertz CT molecular complexity index is 426. The zero-order valence-electron chi connectivity index (χ0n) is 8.62. The van der Waals surface area contributed by atoms with Crippen molar-refractivity contribution in [2.45, 2.75) is 5.92 Å². The summed E-state index contributed by atoms with van der Waals surface area (Å²) in [7, 11) is 0. The van der Waals surface area contributed by atoms with Gasteiger partial charge in [-0.25, -0.2) is 13.2 Å². The van der Waals surface area contributed by atoms with E-state index in [-0.39, 0.29) is 5.69 Å². The first-order valence-corrected chi connectivity index (χ1v) is 4.61. The topological polar surface area (TPSA) is 81.2 Å². The summed E-state index contributed by atoms with van der Waals surface area (Å²) in [4.78, 5) is 9.53. The van der Waals surface area contributed by atoms with Gasteiger partial charge in [0.15, 0.2) is 5.82 Å². The highest BCUT2D eigenvalue weighted by Gasteiger charge is 2.26. The molecule has 1 aromatic carbocycles. The lowest BCUT2D eigenvalue weighted by atomic mass is 10.2. The molecule has 0 saturated heterocycles. The summed E-state index contributed by atoms with van der Waals surface area (Å²) in [5.41, 5.74) is 4.12. The molecule has 0 aliphatic carbocycles. The van der Waals surface area contributed by atoms with Crippen molar-refractivity contribution >= 4 is 11.4 Å². The van der Waals surface area contributed by atoms with Crippen molar-refractivity contribution in [2.24, 2.45) is 5.73 Å². The van der Waals surface area contributed by atoms with Crippen LogP contribution in [0, 0.1) is 15.9 Å². The molecule has 17 heavy (non-hydrogen) atoms. The summed E-state index contributed by atoms with van der Waals surface area (Å²) in [6.45, 7) is -1.70. The highest BCUT2D eigenvalue weighted by molar-refractivity contribution is 5.50. The smallest absolute Gasteiger partial charge is 0.276 e. The second-order valence-electron chi connectivity index (χ2n) is 3.33. The van der Waals surface area contributed by atoms with Crippen molar-refractivity contribution in [1.29, 1.82) is 0 Å². The Balaban J connectivity index is 2.77. The first-order valence-electron chi connectivity index (χ1n) is 4.61. The molecular weight excluding hydrogens is 239 g/mol. The second-order valence-corrected chi connectivity index (χ2v) is 3.33. The molecule has 0 heterocycles. The molecule has 0 aliphatic rings. The van der Waals surface area contributed by atoms with Crippen LogP contribution in [0.3, 0.4) is 0 Å². The average molecular weight is 249 g/mol. The number of hydrogen-bond donors (Lipinski definition) is 2. The van der Waals surface area contributed by atoms with E-state index in [0.29, 0.717) is 6.07 Å². The van der Waals surface area contributed by atoms with Crippen LogP contribution >= 0.6 is 0 Å². The van der Waals surface area contributed by atoms with Crippen LogP contribution in [0.4, 0.5) is 24.5 Å². The van der Waals surface area contributed by atoms with Gasteiger partial charge in [0.1, 0.15) is 0 Å². The van der Waals surface area contributed by atoms with E-state index < -0.39 is 35.4 Å². The molecule has 0 aromatic heterocycles. The molecule has 0 aliphatic heterocycles. The van der Waals surface area contributed by atoms with Gasteiger partial charge < -0.3 is 11.1 Å². The normalized spacial score (nSPS) is 11.3. The molecule has 1 aromatic rings. The average Bonchev–Trinajstić information content (AvgIpc) is 2.27. The Hall–Kier alpha value is -1.83. The number of nitro groups is 1. The van der Waals surface area contributed by atoms with Gasteiger partial charge in [0, 0.05) is 6.07 Å². The van der Waals surface area contributed by atoms with E-state index >= 15 is 0 Å². The van der Waals surface area contributed by atoms with Gasteiger partial charge in [-0.05, 0) is 6.07 Å². The van der Waals surface area contributed by atoms with Crippen molar-refractivity contribution in [3.63, 3.8) is 0 Å². The van der Waals surface area contributed by atoms with Gasteiger partial charge in [-0.15, -0.1) is 0 Å². The third-order valence-corrected chi connectivity index (χ3v) is 2.00. The van der Waals surface area contributed by atoms with Gasteiger partial charge >= 0.3 is 0 Å². The minimum atomic E-state index is -3.16. The van der Waals surface area contributed by atoms with E-state index in [1.807, 2.05) is 0 Å². The number of halogens is 3. The molecule has 8 heteroatoms. The predicted octanol–water partition coefficient (Wildman–Crippen LogP) is 1.74. The quantitative estimate of drug-likeness (QED) is 0.615. The summed E-state index contributed by atoms with van der Waals surface area (Å²) in [6.07, 6.45) is 0. The number of rotatable bonds is 5. The standard InChI is InChI=1S/C9H10F3N3O2/c10-7-3-6(15(16)17)1-2-8(7)14-5-9(11,12)4-13/h1-3,14H,4-5,13H2. The Labute approximate surface area is 94.6 Å². The lowest BCUT2D eigenvalue weighted by molar-refractivity contribution is -0.385. The molecular formula is C9H10F3N3O2. The molecule has 5 nitrogen and oxygen atoms in total. The fourth-order valence-electron chi connectivity index (χ4n) is 1.06. The Morgan fingerprint density at radius 2 is 2.12 bits per heavy atom. The highest BCUT2D eigenvalue weighted by atomic mass is 19.3. The van der Waals surface area contributed by atoms with Crippen LogP contribution in [0.15, 0.2) is 18.2 Å². The maximum Gasteiger partial charge on any atom is 0.276 e. The second kappa shape index (κ2) is 5.00. The number of anilines is 1. The van der Waals surface area contributed by atoms with Crippen LogP contribution in [0.2, 0.25) is 0 Å². The highest BCUT2D eigenvalue weighted by Crippen LogP contribution is 2.21. The van der Waals surface area contributed by atoms with E-state index in [4.69, 9.17) is 5.73 Å². The number of non-ortho nitro benzene ring substituents is 1. The van der Waals surface area contributed by atoms with Gasteiger partial charge in [0.05, 0.1) is 29.8 Å². The number of benzene rings is 1. The van der Waals surface area contributed by atoms with E-state index in [1.165, 1.54) is 0 Å². The number of nitro benzene ring substituents is 1. The largest absolute Gasteiger partial charge is 0.377 e. The molecule has 1 rings (SSSR count). The number of nitrogens with zero attached hydrogens (tertiary/aromatic N) is 1. The third kappa shape index (κ3) is 3.59. The predicted molar refractivity (Wildman–Crippen MR) is 55.5 cm³/mol. The minimum Gasteiger partial charge on any atom is -0.377 e. The minimum absolute atomic E-state index is 0.233. The van der Waals surface area contributed by atoms with Gasteiger partial charge in [-0.2, -0.15) is 0 Å². The van der Waals surface area contributed by atoms with Gasteiger partial charge in [-0.3, -0.25) is 10.1 Å². The lowest BCUT2D eigenvalue weighted by Crippen LogP contribution is -2.35. The summed E-state index contributed by atoms with van der Waals surface area (Å²) < 4.78 is 38.8. The first kappa shape index (κ1) is 13.2. The van der Waals surface area contributed by atoms with Crippen molar-refractivity contribution < 1.29 is 18.1 Å². The number of nitrogens with two attached hydrogens (primary N) is 1. The monoisotopic (exact) mass is 249 g/mol. The van der Waals surface area contributed by atoms with E-state index in [1.54, 1.807) is 0 Å². The zero-order chi connectivity index (χ0) is 13.1. The summed E-state index contributed by atoms with van der Waals surface area (Å²) in [5, 5.41) is 12.5. The van der Waals surface area contributed by atoms with Gasteiger partial charge in [0.25, 0.3) is 11.6 Å². The van der Waals surface area contributed by atoms with E-state index in [0.717, 1.165) is 12.1 Å². The zero-order valence-corrected chi connectivity index (χ0v) is 8.62. The van der Waals surface area contributed by atoms with Crippen LogP contribution in [-0.4, -0.2) is 23.9 Å². The molecule has 0 bridgehead atoms. The summed E-state index contributed by atoms with van der Waals surface area (Å²) in [6, 6.07) is 2.70. The van der Waals surface area contributed by atoms with Crippen LogP contribution < -0.4 is 11.1 Å². The SMILES string of the molecule is NCC(F)(F)CNc1ccc([N+](=O)[O-])cc1F. The third-order valence-electron chi connectivity index (χ3n) is 2.00. The molecule has 3 N–H and O–H groups in total. The van der Waals surface area contributed by atoms with Crippen molar-refractivity contribution in [2.75, 3.05) is 18.4 Å². The van der Waals surface area contributed by atoms with Crippen LogP contribution in [0.25, 0.3) is 0 Å². The molecule has 0 amide bonds. The summed E-state index contributed by atoms with van der Waals surface area (Å²) >= 11 is 0. The maximum atomic E-state index is 13.2. The fraction of sp³-hybridized carbons (Fsp3) is 0.333. The van der Waals surface area contributed by atoms with E-state index in [9.17, 15) is 23.3 Å². The van der Waals surface area contributed by atoms with Crippen molar-refractivity contribution in [3.8, 4) is 0 Å². The fourth-order valence-corrected chi connectivity index (χ4v) is 1.06. The molecule has 0 fully saturated rings. The van der Waals surface area contributed by atoms with Crippen LogP contribution in [-0.2, 0) is 0 Å². The molecule has 94 valence electrons. The first-order chi connectivity index (χ1) is 7.85. The van der Waals surface area contributed by atoms with E-state index in [2.05, 4.69) is 5.32 Å². The lowest BCUT2D eigenvalue weighted by Gasteiger charge is -2.15. The number of alkyl halides is 2. The maximum absolute atomic E-state index is 13.2. The summed E-state index contributed by atoms with van der Waals surface area (Å²) in [5.74, 6) is -4.12. The Morgan fingerprint density at radius 3 is 2.59 bits per heavy atom. The number of hydrogen-bond acceptors (Lipinski definition) is 4. The molecule has 0 spiro atoms. The molecule has 0 saturated carbocycles.